The number of benzene rings is 3. The molecule has 1 atom stereocenters. The van der Waals surface area contributed by atoms with Crippen molar-refractivity contribution in [3.8, 4) is 29.1 Å². The van der Waals surface area contributed by atoms with Gasteiger partial charge in [0.15, 0.2) is 11.5 Å². The summed E-state index contributed by atoms with van der Waals surface area (Å²) < 4.78 is 12.3. The van der Waals surface area contributed by atoms with E-state index in [0.717, 1.165) is 43.2 Å². The fourth-order valence-electron chi connectivity index (χ4n) is 3.67. The van der Waals surface area contributed by atoms with Crippen LogP contribution < -0.4 is 14.8 Å². The molecular weight excluding hydrogens is 374 g/mol. The number of piperazine rings is 1. The van der Waals surface area contributed by atoms with Crippen molar-refractivity contribution in [1.82, 2.24) is 10.2 Å². The Morgan fingerprint density at radius 1 is 0.833 bits per heavy atom. The molecule has 152 valence electrons. The van der Waals surface area contributed by atoms with E-state index in [-0.39, 0.29) is 6.04 Å². The lowest BCUT2D eigenvalue weighted by molar-refractivity contribution is 0.175. The van der Waals surface area contributed by atoms with Gasteiger partial charge in [0, 0.05) is 32.2 Å². The first-order chi connectivity index (χ1) is 14.8. The normalized spacial score (nSPS) is 15.2. The Kier molecular flexibility index (Phi) is 6.61. The molecule has 0 amide bonds. The molecule has 3 aromatic rings. The van der Waals surface area contributed by atoms with Crippen molar-refractivity contribution in [1.29, 1.82) is 5.26 Å². The van der Waals surface area contributed by atoms with Gasteiger partial charge in [0.1, 0.15) is 11.5 Å². The molecule has 1 aliphatic rings. The molecule has 1 aliphatic heterocycles. The SMILES string of the molecule is N#CC[C@@H](c1ccc(Oc2ccccc2)c(Oc2ccccc2)c1)N1CCNCC1. The number of nitriles is 1. The summed E-state index contributed by atoms with van der Waals surface area (Å²) in [6.45, 7) is 3.71. The third-order valence-corrected chi connectivity index (χ3v) is 5.17. The Morgan fingerprint density at radius 3 is 2.03 bits per heavy atom. The summed E-state index contributed by atoms with van der Waals surface area (Å²) in [6, 6.07) is 27.7. The maximum absolute atomic E-state index is 9.43. The largest absolute Gasteiger partial charge is 0.453 e. The smallest absolute Gasteiger partial charge is 0.170 e. The summed E-state index contributed by atoms with van der Waals surface area (Å²) in [5.74, 6) is 2.77. The maximum Gasteiger partial charge on any atom is 0.170 e. The van der Waals surface area contributed by atoms with Gasteiger partial charge >= 0.3 is 0 Å². The highest BCUT2D eigenvalue weighted by atomic mass is 16.5. The fourth-order valence-corrected chi connectivity index (χ4v) is 3.67. The van der Waals surface area contributed by atoms with Gasteiger partial charge in [0.25, 0.3) is 0 Å². The van der Waals surface area contributed by atoms with Crippen LogP contribution in [0.5, 0.6) is 23.0 Å². The molecule has 0 radical (unpaired) electrons. The van der Waals surface area contributed by atoms with Crippen LogP contribution in [0.15, 0.2) is 78.9 Å². The van der Waals surface area contributed by atoms with E-state index in [1.807, 2.05) is 78.9 Å². The molecule has 1 heterocycles. The second-order valence-electron chi connectivity index (χ2n) is 7.20. The number of nitrogens with zero attached hydrogens (tertiary/aromatic N) is 2. The zero-order valence-electron chi connectivity index (χ0n) is 16.8. The quantitative estimate of drug-likeness (QED) is 0.597. The molecule has 0 unspecified atom stereocenters. The summed E-state index contributed by atoms with van der Waals surface area (Å²) >= 11 is 0. The molecule has 4 rings (SSSR count). The Bertz CT molecular complexity index is 980. The van der Waals surface area contributed by atoms with Crippen molar-refractivity contribution in [3.05, 3.63) is 84.4 Å². The van der Waals surface area contributed by atoms with Crippen molar-refractivity contribution < 1.29 is 9.47 Å². The van der Waals surface area contributed by atoms with Crippen LogP contribution in [0.4, 0.5) is 0 Å². The predicted octanol–water partition coefficient (Wildman–Crippen LogP) is 5.13. The molecule has 1 N–H and O–H groups in total. The zero-order chi connectivity index (χ0) is 20.6. The lowest BCUT2D eigenvalue weighted by atomic mass is 10.0. The van der Waals surface area contributed by atoms with E-state index >= 15 is 0 Å². The van der Waals surface area contributed by atoms with Gasteiger partial charge in [-0.05, 0) is 42.0 Å². The van der Waals surface area contributed by atoms with Crippen LogP contribution in [0, 0.1) is 11.3 Å². The number of hydrogen-bond acceptors (Lipinski definition) is 5. The molecule has 30 heavy (non-hydrogen) atoms. The van der Waals surface area contributed by atoms with Crippen molar-refractivity contribution >= 4 is 0 Å². The van der Waals surface area contributed by atoms with Crippen molar-refractivity contribution in [3.63, 3.8) is 0 Å². The first-order valence-electron chi connectivity index (χ1n) is 10.2. The number of nitrogens with one attached hydrogen (secondary N) is 1. The average Bonchev–Trinajstić information content (AvgIpc) is 2.81. The van der Waals surface area contributed by atoms with Gasteiger partial charge in [-0.3, -0.25) is 4.90 Å². The predicted molar refractivity (Wildman–Crippen MR) is 117 cm³/mol. The maximum atomic E-state index is 9.43. The third-order valence-electron chi connectivity index (χ3n) is 5.17. The monoisotopic (exact) mass is 399 g/mol. The summed E-state index contributed by atoms with van der Waals surface area (Å²) in [5, 5.41) is 12.8. The van der Waals surface area contributed by atoms with E-state index in [0.29, 0.717) is 17.9 Å². The molecular formula is C25H25N3O2. The first-order valence-corrected chi connectivity index (χ1v) is 10.2. The van der Waals surface area contributed by atoms with Gasteiger partial charge in [-0.2, -0.15) is 5.26 Å². The fraction of sp³-hybridized carbons (Fsp3) is 0.240. The number of hydrogen-bond donors (Lipinski definition) is 1. The highest BCUT2D eigenvalue weighted by molar-refractivity contribution is 5.48. The van der Waals surface area contributed by atoms with E-state index < -0.39 is 0 Å². The minimum Gasteiger partial charge on any atom is -0.453 e. The van der Waals surface area contributed by atoms with Gasteiger partial charge in [-0.25, -0.2) is 0 Å². The molecule has 3 aromatic carbocycles. The topological polar surface area (TPSA) is 57.5 Å². The molecule has 0 saturated carbocycles. The molecule has 0 aliphatic carbocycles. The van der Waals surface area contributed by atoms with Crippen LogP contribution in [0.1, 0.15) is 18.0 Å². The average molecular weight is 399 g/mol. The summed E-state index contributed by atoms with van der Waals surface area (Å²) in [4.78, 5) is 2.36. The van der Waals surface area contributed by atoms with Crippen molar-refractivity contribution in [2.75, 3.05) is 26.2 Å². The molecule has 1 saturated heterocycles. The van der Waals surface area contributed by atoms with Gasteiger partial charge < -0.3 is 14.8 Å². The second kappa shape index (κ2) is 9.93. The van der Waals surface area contributed by atoms with Crippen molar-refractivity contribution in [2.45, 2.75) is 12.5 Å². The molecule has 0 aromatic heterocycles. The zero-order valence-corrected chi connectivity index (χ0v) is 16.8. The molecule has 1 fully saturated rings. The second-order valence-corrected chi connectivity index (χ2v) is 7.20. The van der Waals surface area contributed by atoms with Gasteiger partial charge in [-0.15, -0.1) is 0 Å². The summed E-state index contributed by atoms with van der Waals surface area (Å²) in [7, 11) is 0. The van der Waals surface area contributed by atoms with Gasteiger partial charge in [-0.1, -0.05) is 42.5 Å². The van der Waals surface area contributed by atoms with Gasteiger partial charge in [0.2, 0.25) is 0 Å². The first kappa shape index (κ1) is 20.0. The highest BCUT2D eigenvalue weighted by Gasteiger charge is 2.23. The van der Waals surface area contributed by atoms with E-state index in [2.05, 4.69) is 16.3 Å². The molecule has 0 bridgehead atoms. The minimum atomic E-state index is 0.0287. The lowest BCUT2D eigenvalue weighted by Gasteiger charge is -2.34. The Labute approximate surface area is 177 Å². The lowest BCUT2D eigenvalue weighted by Crippen LogP contribution is -2.45. The minimum absolute atomic E-state index is 0.0287. The van der Waals surface area contributed by atoms with Crippen LogP contribution in [-0.4, -0.2) is 31.1 Å². The standard InChI is InChI=1S/C25H25N3O2/c26-14-13-23(28-17-15-27-16-18-28)20-11-12-24(29-21-7-3-1-4-8-21)25(19-20)30-22-9-5-2-6-10-22/h1-12,19,23,27H,13,15-18H2/t23-/m0/s1. The Morgan fingerprint density at radius 2 is 1.43 bits per heavy atom. The van der Waals surface area contributed by atoms with Crippen LogP contribution in [0.2, 0.25) is 0 Å². The van der Waals surface area contributed by atoms with Gasteiger partial charge in [0.05, 0.1) is 12.5 Å². The molecule has 5 heteroatoms. The number of rotatable bonds is 7. The summed E-state index contributed by atoms with van der Waals surface area (Å²) in [5.41, 5.74) is 1.06. The van der Waals surface area contributed by atoms with Crippen LogP contribution in [-0.2, 0) is 0 Å². The Balaban J connectivity index is 1.67. The third kappa shape index (κ3) is 4.98. The van der Waals surface area contributed by atoms with E-state index in [9.17, 15) is 5.26 Å². The number of para-hydroxylation sites is 2. The number of ether oxygens (including phenoxy) is 2. The van der Waals surface area contributed by atoms with E-state index in [1.165, 1.54) is 0 Å². The van der Waals surface area contributed by atoms with Crippen LogP contribution in [0.3, 0.4) is 0 Å². The Hall–Kier alpha value is -3.33. The molecule has 0 spiro atoms. The summed E-state index contributed by atoms with van der Waals surface area (Å²) in [6.07, 6.45) is 0.434. The van der Waals surface area contributed by atoms with E-state index in [1.54, 1.807) is 0 Å². The molecule has 5 nitrogen and oxygen atoms in total. The van der Waals surface area contributed by atoms with E-state index in [4.69, 9.17) is 9.47 Å². The van der Waals surface area contributed by atoms with Crippen molar-refractivity contribution in [2.24, 2.45) is 0 Å². The van der Waals surface area contributed by atoms with Crippen LogP contribution >= 0.6 is 0 Å². The highest BCUT2D eigenvalue weighted by Crippen LogP contribution is 2.38. The van der Waals surface area contributed by atoms with Crippen LogP contribution in [0.25, 0.3) is 0 Å².